The van der Waals surface area contributed by atoms with E-state index in [2.05, 4.69) is 41.4 Å². The summed E-state index contributed by atoms with van der Waals surface area (Å²) in [5.74, 6) is 0.673. The van der Waals surface area contributed by atoms with Crippen molar-refractivity contribution < 1.29 is 9.59 Å². The van der Waals surface area contributed by atoms with E-state index in [1.165, 1.54) is 5.56 Å². The number of piperidine rings is 1. The summed E-state index contributed by atoms with van der Waals surface area (Å²) < 4.78 is 0. The highest BCUT2D eigenvalue weighted by Gasteiger charge is 2.38. The zero-order chi connectivity index (χ0) is 16.2. The minimum atomic E-state index is -0.0402. The Morgan fingerprint density at radius 2 is 2.09 bits per heavy atom. The second-order valence-electron chi connectivity index (χ2n) is 6.71. The molecule has 4 heteroatoms. The average molecular weight is 314 g/mol. The van der Waals surface area contributed by atoms with Gasteiger partial charge in [-0.25, -0.2) is 0 Å². The topological polar surface area (TPSA) is 49.4 Å². The molecule has 124 valence electrons. The van der Waals surface area contributed by atoms with Crippen LogP contribution in [0.2, 0.25) is 0 Å². The van der Waals surface area contributed by atoms with Crippen molar-refractivity contribution in [2.45, 2.75) is 51.0 Å². The van der Waals surface area contributed by atoms with Gasteiger partial charge in [0.25, 0.3) is 0 Å². The fourth-order valence-electron chi connectivity index (χ4n) is 4.09. The first-order chi connectivity index (χ1) is 11.2. The van der Waals surface area contributed by atoms with Gasteiger partial charge >= 0.3 is 0 Å². The molecule has 1 aromatic rings. The van der Waals surface area contributed by atoms with Gasteiger partial charge in [-0.15, -0.1) is 0 Å². The van der Waals surface area contributed by atoms with Crippen LogP contribution in [0, 0.1) is 5.92 Å². The summed E-state index contributed by atoms with van der Waals surface area (Å²) in [6.45, 7) is 3.57. The van der Waals surface area contributed by atoms with E-state index in [-0.39, 0.29) is 17.7 Å². The molecular weight excluding hydrogens is 288 g/mol. The predicted molar refractivity (Wildman–Crippen MR) is 89.9 cm³/mol. The first-order valence-electron chi connectivity index (χ1n) is 8.82. The molecule has 0 spiro atoms. The molecule has 2 fully saturated rings. The third-order valence-corrected chi connectivity index (χ3v) is 5.33. The Kier molecular flexibility index (Phi) is 4.99. The summed E-state index contributed by atoms with van der Waals surface area (Å²) in [6, 6.07) is 10.9. The number of hydrogen-bond acceptors (Lipinski definition) is 2. The maximum Gasteiger partial charge on any atom is 0.227 e. The average Bonchev–Trinajstić information content (AvgIpc) is 3.06. The highest BCUT2D eigenvalue weighted by Crippen LogP contribution is 2.34. The van der Waals surface area contributed by atoms with Crippen LogP contribution in [0.1, 0.15) is 50.5 Å². The molecule has 1 aromatic carbocycles. The maximum absolute atomic E-state index is 12.9. The second-order valence-corrected chi connectivity index (χ2v) is 6.71. The van der Waals surface area contributed by atoms with Gasteiger partial charge in [0.1, 0.15) is 0 Å². The zero-order valence-corrected chi connectivity index (χ0v) is 13.8. The molecule has 2 aliphatic heterocycles. The van der Waals surface area contributed by atoms with E-state index in [4.69, 9.17) is 0 Å². The van der Waals surface area contributed by atoms with E-state index in [0.717, 1.165) is 25.8 Å². The lowest BCUT2D eigenvalue weighted by atomic mass is 9.87. The van der Waals surface area contributed by atoms with E-state index in [0.29, 0.717) is 31.3 Å². The smallest absolute Gasteiger partial charge is 0.227 e. The summed E-state index contributed by atoms with van der Waals surface area (Å²) in [5, 5.41) is 2.84. The molecule has 2 heterocycles. The summed E-state index contributed by atoms with van der Waals surface area (Å²) in [4.78, 5) is 26.4. The van der Waals surface area contributed by atoms with E-state index in [9.17, 15) is 9.59 Å². The van der Waals surface area contributed by atoms with Crippen LogP contribution in [-0.4, -0.2) is 35.8 Å². The number of benzene rings is 1. The normalized spacial score (nSPS) is 26.0. The lowest BCUT2D eigenvalue weighted by molar-refractivity contribution is -0.138. The van der Waals surface area contributed by atoms with Gasteiger partial charge in [0.05, 0.1) is 5.92 Å². The van der Waals surface area contributed by atoms with Crippen molar-refractivity contribution in [3.8, 4) is 0 Å². The van der Waals surface area contributed by atoms with Crippen molar-refractivity contribution in [3.05, 3.63) is 35.9 Å². The van der Waals surface area contributed by atoms with Gasteiger partial charge in [-0.05, 0) is 31.2 Å². The Labute approximate surface area is 138 Å². The number of likely N-dealkylation sites (tertiary alicyclic amines) is 1. The van der Waals surface area contributed by atoms with Gasteiger partial charge in [-0.1, -0.05) is 37.3 Å². The van der Waals surface area contributed by atoms with Crippen LogP contribution < -0.4 is 5.32 Å². The van der Waals surface area contributed by atoms with E-state index in [1.54, 1.807) is 0 Å². The lowest BCUT2D eigenvalue weighted by Crippen LogP contribution is -2.47. The molecule has 1 N–H and O–H groups in total. The molecule has 0 bridgehead atoms. The van der Waals surface area contributed by atoms with E-state index < -0.39 is 0 Å². The van der Waals surface area contributed by atoms with Gasteiger partial charge < -0.3 is 10.2 Å². The molecule has 0 radical (unpaired) electrons. The van der Waals surface area contributed by atoms with Crippen LogP contribution in [0.15, 0.2) is 30.3 Å². The third-order valence-electron chi connectivity index (χ3n) is 5.33. The Balaban J connectivity index is 1.74. The molecule has 2 aliphatic rings. The van der Waals surface area contributed by atoms with Gasteiger partial charge in [-0.3, -0.25) is 9.59 Å². The van der Waals surface area contributed by atoms with Crippen LogP contribution in [-0.2, 0) is 9.59 Å². The predicted octanol–water partition coefficient (Wildman–Crippen LogP) is 2.70. The molecule has 4 nitrogen and oxygen atoms in total. The summed E-state index contributed by atoms with van der Waals surface area (Å²) in [7, 11) is 0. The molecule has 3 rings (SSSR count). The molecule has 0 aliphatic carbocycles. The fourth-order valence-corrected chi connectivity index (χ4v) is 4.09. The summed E-state index contributed by atoms with van der Waals surface area (Å²) in [5.41, 5.74) is 1.33. The fraction of sp³-hybridized carbons (Fsp3) is 0.579. The number of hydrogen-bond donors (Lipinski definition) is 1. The SMILES string of the molecule is CC[C@H](c1ccccc1)[C@H]1CCCN1C(=O)[C@H]1CCC(=O)NC1. The number of nitrogens with one attached hydrogen (secondary N) is 1. The first kappa shape index (κ1) is 16.0. The largest absolute Gasteiger partial charge is 0.355 e. The standard InChI is InChI=1S/C19H26N2O2/c1-2-16(14-7-4-3-5-8-14)17-9-6-12-21(17)19(23)15-10-11-18(22)20-13-15/h3-5,7-8,15-17H,2,6,9-13H2,1H3,(H,20,22)/t15-,16+,17+/m0/s1. The number of carbonyl (C=O) groups is 2. The third kappa shape index (κ3) is 3.41. The van der Waals surface area contributed by atoms with Crippen molar-refractivity contribution in [3.63, 3.8) is 0 Å². The van der Waals surface area contributed by atoms with Crippen molar-refractivity contribution in [1.82, 2.24) is 10.2 Å². The Bertz CT molecular complexity index is 548. The maximum atomic E-state index is 12.9. The Morgan fingerprint density at radius 1 is 1.30 bits per heavy atom. The van der Waals surface area contributed by atoms with Crippen LogP contribution >= 0.6 is 0 Å². The zero-order valence-electron chi connectivity index (χ0n) is 13.8. The van der Waals surface area contributed by atoms with Crippen LogP contribution in [0.4, 0.5) is 0 Å². The number of rotatable bonds is 4. The number of nitrogens with zero attached hydrogens (tertiary/aromatic N) is 1. The van der Waals surface area contributed by atoms with Gasteiger partial charge in [0.2, 0.25) is 11.8 Å². The molecule has 2 amide bonds. The van der Waals surface area contributed by atoms with Crippen molar-refractivity contribution in [2.24, 2.45) is 5.92 Å². The first-order valence-corrected chi connectivity index (χ1v) is 8.82. The van der Waals surface area contributed by atoms with Gasteiger partial charge in [0.15, 0.2) is 0 Å². The molecule has 0 unspecified atom stereocenters. The van der Waals surface area contributed by atoms with Gasteiger partial charge in [0, 0.05) is 31.5 Å². The summed E-state index contributed by atoms with van der Waals surface area (Å²) in [6.07, 6.45) is 4.37. The molecular formula is C19H26N2O2. The van der Waals surface area contributed by atoms with Crippen molar-refractivity contribution in [1.29, 1.82) is 0 Å². The molecule has 23 heavy (non-hydrogen) atoms. The van der Waals surface area contributed by atoms with Crippen LogP contribution in [0.5, 0.6) is 0 Å². The number of carbonyl (C=O) groups excluding carboxylic acids is 2. The van der Waals surface area contributed by atoms with E-state index in [1.807, 2.05) is 6.07 Å². The van der Waals surface area contributed by atoms with Gasteiger partial charge in [-0.2, -0.15) is 0 Å². The molecule has 0 saturated carbocycles. The molecule has 0 aromatic heterocycles. The highest BCUT2D eigenvalue weighted by atomic mass is 16.2. The summed E-state index contributed by atoms with van der Waals surface area (Å²) >= 11 is 0. The minimum Gasteiger partial charge on any atom is -0.355 e. The van der Waals surface area contributed by atoms with E-state index >= 15 is 0 Å². The second kappa shape index (κ2) is 7.16. The van der Waals surface area contributed by atoms with Crippen LogP contribution in [0.3, 0.4) is 0 Å². The van der Waals surface area contributed by atoms with Crippen molar-refractivity contribution in [2.75, 3.05) is 13.1 Å². The quantitative estimate of drug-likeness (QED) is 0.929. The number of amides is 2. The minimum absolute atomic E-state index is 0.0402. The molecule has 2 saturated heterocycles. The van der Waals surface area contributed by atoms with Crippen molar-refractivity contribution >= 4 is 11.8 Å². The highest BCUT2D eigenvalue weighted by molar-refractivity contribution is 5.84. The molecule has 3 atom stereocenters. The Hall–Kier alpha value is -1.84. The monoisotopic (exact) mass is 314 g/mol. The van der Waals surface area contributed by atoms with Crippen LogP contribution in [0.25, 0.3) is 0 Å². The Morgan fingerprint density at radius 3 is 2.74 bits per heavy atom. The lowest BCUT2D eigenvalue weighted by Gasteiger charge is -2.35.